The summed E-state index contributed by atoms with van der Waals surface area (Å²) in [6.07, 6.45) is 2.37. The molecular formula is C35H20N2O6S2. The van der Waals surface area contributed by atoms with Gasteiger partial charge in [0.25, 0.3) is 5.69 Å². The maximum atomic E-state index is 13.1. The highest BCUT2D eigenvalue weighted by Crippen LogP contribution is 2.44. The predicted octanol–water partition coefficient (Wildman–Crippen LogP) is 8.55. The largest absolute Gasteiger partial charge is 0.478 e. The molecule has 0 unspecified atom stereocenters. The molecule has 6 aromatic rings. The summed E-state index contributed by atoms with van der Waals surface area (Å²) >= 11 is 2.76. The Hall–Kier alpha value is -5.45. The molecule has 0 saturated carbocycles. The maximum Gasteiger partial charge on any atom is 0.335 e. The first kappa shape index (κ1) is 27.1. The molecule has 0 spiro atoms. The summed E-state index contributed by atoms with van der Waals surface area (Å²) in [5.41, 5.74) is 4.14. The fourth-order valence-electron chi connectivity index (χ4n) is 6.22. The number of hydrogen-bond donors (Lipinski definition) is 1. The van der Waals surface area contributed by atoms with Gasteiger partial charge in [-0.25, -0.2) is 4.79 Å². The normalized spacial score (nSPS) is 14.9. The van der Waals surface area contributed by atoms with Gasteiger partial charge in [-0.15, -0.1) is 22.7 Å². The van der Waals surface area contributed by atoms with Crippen LogP contribution in [-0.2, 0) is 6.42 Å². The van der Waals surface area contributed by atoms with Gasteiger partial charge >= 0.3 is 5.97 Å². The standard InChI is InChI=1S/C35H20N2O6S2/c38-32-25-9-6-20(35(40)41)13-26(25)33(39)27(32)16-22-17-29(37(42)43)34(44-22)19-5-8-23-24-10-7-21(15-31(24)45-30(23)14-19)36-12-11-18-3-1-2-4-28(18)36/h1-10,13-17H,11-12H2,(H,40,41)/b27-16+. The average Bonchev–Trinajstić information content (AvgIpc) is 3.80. The van der Waals surface area contributed by atoms with Crippen LogP contribution in [0.15, 0.2) is 90.5 Å². The monoisotopic (exact) mass is 628 g/mol. The van der Waals surface area contributed by atoms with Crippen molar-refractivity contribution < 1.29 is 24.4 Å². The predicted molar refractivity (Wildman–Crippen MR) is 176 cm³/mol. The molecule has 0 atom stereocenters. The summed E-state index contributed by atoms with van der Waals surface area (Å²) in [4.78, 5) is 52.2. The lowest BCUT2D eigenvalue weighted by molar-refractivity contribution is -0.383. The van der Waals surface area contributed by atoms with E-state index in [9.17, 15) is 29.6 Å². The van der Waals surface area contributed by atoms with Crippen molar-refractivity contribution in [2.45, 2.75) is 6.42 Å². The number of nitrogens with zero attached hydrogens (tertiary/aromatic N) is 2. The van der Waals surface area contributed by atoms with Crippen LogP contribution in [0.2, 0.25) is 0 Å². The number of thiophene rings is 2. The number of rotatable bonds is 5. The Morgan fingerprint density at radius 3 is 2.42 bits per heavy atom. The van der Waals surface area contributed by atoms with Gasteiger partial charge in [-0.2, -0.15) is 0 Å². The molecule has 2 aliphatic rings. The summed E-state index contributed by atoms with van der Waals surface area (Å²) < 4.78 is 2.12. The van der Waals surface area contributed by atoms with E-state index in [2.05, 4.69) is 47.4 Å². The van der Waals surface area contributed by atoms with E-state index in [1.54, 1.807) is 11.3 Å². The van der Waals surface area contributed by atoms with Crippen LogP contribution in [0.25, 0.3) is 36.7 Å². The molecule has 1 aliphatic heterocycles. The number of allylic oxidation sites excluding steroid dienone is 1. The number of aromatic carboxylic acids is 1. The molecule has 0 saturated heterocycles. The lowest BCUT2D eigenvalue weighted by atomic mass is 10.1. The van der Waals surface area contributed by atoms with Crippen LogP contribution in [0, 0.1) is 10.1 Å². The third-order valence-electron chi connectivity index (χ3n) is 8.38. The van der Waals surface area contributed by atoms with Crippen molar-refractivity contribution in [3.8, 4) is 10.4 Å². The van der Waals surface area contributed by atoms with Gasteiger partial charge in [0, 0.05) is 65.7 Å². The van der Waals surface area contributed by atoms with Gasteiger partial charge in [-0.1, -0.05) is 36.4 Å². The SMILES string of the molecule is O=C(O)c1ccc2c(c1)C(=O)/C(=C/c1cc([N+](=O)[O-])c(-c3ccc4c(c3)sc3cc(N5CCc6ccccc65)ccc34)s1)C2=O. The molecule has 8 nitrogen and oxygen atoms in total. The molecule has 0 amide bonds. The maximum absolute atomic E-state index is 13.1. The molecule has 8 rings (SSSR count). The summed E-state index contributed by atoms with van der Waals surface area (Å²) in [6, 6.07) is 25.9. The number of carboxylic acids is 1. The minimum absolute atomic E-state index is 0.0183. The van der Waals surface area contributed by atoms with E-state index >= 15 is 0 Å². The zero-order valence-electron chi connectivity index (χ0n) is 23.3. The van der Waals surface area contributed by atoms with Gasteiger partial charge < -0.3 is 10.0 Å². The van der Waals surface area contributed by atoms with Gasteiger partial charge in [-0.3, -0.25) is 19.7 Å². The van der Waals surface area contributed by atoms with Crippen molar-refractivity contribution in [2.75, 3.05) is 11.4 Å². The van der Waals surface area contributed by atoms with Crippen LogP contribution in [0.1, 0.15) is 41.5 Å². The van der Waals surface area contributed by atoms with E-state index in [1.807, 2.05) is 18.2 Å². The van der Waals surface area contributed by atoms with E-state index in [-0.39, 0.29) is 28.0 Å². The Kier molecular flexibility index (Phi) is 6.06. The average molecular weight is 629 g/mol. The fourth-order valence-corrected chi connectivity index (χ4v) is 8.47. The molecule has 0 bridgehead atoms. The molecule has 1 aliphatic carbocycles. The lowest BCUT2D eigenvalue weighted by Crippen LogP contribution is -2.12. The molecule has 2 aromatic heterocycles. The number of carboxylic acid groups (broad SMARTS) is 1. The third-order valence-corrected chi connectivity index (χ3v) is 10.6. The number of para-hydroxylation sites is 1. The molecule has 218 valence electrons. The third kappa shape index (κ3) is 4.29. The number of hydrogen-bond acceptors (Lipinski definition) is 8. The van der Waals surface area contributed by atoms with Crippen LogP contribution in [0.3, 0.4) is 0 Å². The Balaban J connectivity index is 1.16. The second-order valence-electron chi connectivity index (χ2n) is 10.9. The fraction of sp³-hybridized carbons (Fsp3) is 0.0571. The van der Waals surface area contributed by atoms with E-state index in [0.717, 1.165) is 50.2 Å². The van der Waals surface area contributed by atoms with Crippen LogP contribution in [0.4, 0.5) is 17.1 Å². The summed E-state index contributed by atoms with van der Waals surface area (Å²) in [5.74, 6) is -2.34. The molecule has 0 fully saturated rings. The Labute approximate surface area is 263 Å². The number of anilines is 2. The second-order valence-corrected chi connectivity index (χ2v) is 13.1. The zero-order chi connectivity index (χ0) is 31.0. The second kappa shape index (κ2) is 10.0. The van der Waals surface area contributed by atoms with E-state index in [0.29, 0.717) is 15.3 Å². The minimum Gasteiger partial charge on any atom is -0.478 e. The molecule has 3 heterocycles. The first-order chi connectivity index (χ1) is 21.8. The van der Waals surface area contributed by atoms with E-state index < -0.39 is 22.5 Å². The van der Waals surface area contributed by atoms with E-state index in [4.69, 9.17) is 0 Å². The van der Waals surface area contributed by atoms with Crippen LogP contribution < -0.4 is 4.90 Å². The van der Waals surface area contributed by atoms with Crippen LogP contribution >= 0.6 is 22.7 Å². The van der Waals surface area contributed by atoms with Crippen molar-refractivity contribution in [3.05, 3.63) is 128 Å². The Morgan fingerprint density at radius 1 is 0.867 bits per heavy atom. The molecule has 10 heteroatoms. The quantitative estimate of drug-likeness (QED) is 0.0880. The summed E-state index contributed by atoms with van der Waals surface area (Å²) in [6.45, 7) is 0.924. The van der Waals surface area contributed by atoms with Crippen molar-refractivity contribution >= 4 is 83.5 Å². The highest BCUT2D eigenvalue weighted by atomic mass is 32.1. The van der Waals surface area contributed by atoms with E-state index in [1.165, 1.54) is 41.6 Å². The highest BCUT2D eigenvalue weighted by Gasteiger charge is 2.34. The zero-order valence-corrected chi connectivity index (χ0v) is 24.9. The number of fused-ring (bicyclic) bond motifs is 5. The molecule has 0 radical (unpaired) electrons. The van der Waals surface area contributed by atoms with Crippen LogP contribution in [-0.4, -0.2) is 34.1 Å². The van der Waals surface area contributed by atoms with Gasteiger partial charge in [0.1, 0.15) is 4.88 Å². The van der Waals surface area contributed by atoms with Crippen molar-refractivity contribution in [1.82, 2.24) is 0 Å². The smallest absolute Gasteiger partial charge is 0.335 e. The highest BCUT2D eigenvalue weighted by molar-refractivity contribution is 7.26. The lowest BCUT2D eigenvalue weighted by Gasteiger charge is -2.19. The number of nitro groups is 1. The molecule has 45 heavy (non-hydrogen) atoms. The van der Waals surface area contributed by atoms with Crippen molar-refractivity contribution in [3.63, 3.8) is 0 Å². The molecule has 1 N–H and O–H groups in total. The number of ketones is 2. The summed E-state index contributed by atoms with van der Waals surface area (Å²) in [5, 5.41) is 23.6. The molecule has 4 aromatic carbocycles. The van der Waals surface area contributed by atoms with Gasteiger partial charge in [0.2, 0.25) is 0 Å². The topological polar surface area (TPSA) is 118 Å². The first-order valence-corrected chi connectivity index (χ1v) is 15.7. The number of Topliss-reactive ketones (excluding diaryl/α,β-unsaturated/α-hetero) is 2. The van der Waals surface area contributed by atoms with Gasteiger partial charge in [0.15, 0.2) is 11.6 Å². The van der Waals surface area contributed by atoms with Gasteiger partial charge in [-0.05, 0) is 60.5 Å². The van der Waals surface area contributed by atoms with Gasteiger partial charge in [0.05, 0.1) is 16.1 Å². The summed E-state index contributed by atoms with van der Waals surface area (Å²) in [7, 11) is 0. The van der Waals surface area contributed by atoms with Crippen molar-refractivity contribution in [2.24, 2.45) is 0 Å². The first-order valence-electron chi connectivity index (χ1n) is 14.1. The Morgan fingerprint density at radius 2 is 1.62 bits per heavy atom. The van der Waals surface area contributed by atoms with Crippen LogP contribution in [0.5, 0.6) is 0 Å². The molecular weight excluding hydrogens is 609 g/mol. The number of benzene rings is 4. The minimum atomic E-state index is -1.21. The number of carbonyl (C=O) groups is 3. The van der Waals surface area contributed by atoms with Crippen molar-refractivity contribution in [1.29, 1.82) is 0 Å². The number of carbonyl (C=O) groups excluding carboxylic acids is 2. The Bertz CT molecular complexity index is 2350.